The predicted octanol–water partition coefficient (Wildman–Crippen LogP) is 3.33. The summed E-state index contributed by atoms with van der Waals surface area (Å²) in [6.45, 7) is 4.05. The molecule has 25 heavy (non-hydrogen) atoms. The number of aromatic nitrogens is 1. The molecule has 0 aliphatic carbocycles. The molecule has 2 aromatic rings. The molecule has 1 aromatic carbocycles. The molecule has 0 unspecified atom stereocenters. The molecular formula is C19H24N4O2. The number of carbonyl (C=O) groups is 2. The van der Waals surface area contributed by atoms with Crippen LogP contribution in [0.25, 0.3) is 0 Å². The van der Waals surface area contributed by atoms with Crippen molar-refractivity contribution in [2.75, 3.05) is 12.4 Å². The Labute approximate surface area is 148 Å². The molecular weight excluding hydrogens is 316 g/mol. The molecule has 0 bridgehead atoms. The molecule has 6 heteroatoms. The van der Waals surface area contributed by atoms with Crippen LogP contribution < -0.4 is 10.6 Å². The van der Waals surface area contributed by atoms with E-state index in [4.69, 9.17) is 0 Å². The number of rotatable bonds is 6. The standard InChI is InChI=1S/C19H24N4O2/c1-4-18(16-8-10-20-11-9-16)22-19(25)21-17-7-5-6-15(12-17)13-23(3)14(2)24/h5-12,18H,4,13H2,1-3H3,(H2,21,22,25)/t18-/m0/s1. The fourth-order valence-electron chi connectivity index (χ4n) is 2.47. The number of hydrogen-bond donors (Lipinski definition) is 2. The lowest BCUT2D eigenvalue weighted by atomic mass is 10.1. The van der Waals surface area contributed by atoms with Crippen molar-refractivity contribution in [3.05, 3.63) is 59.9 Å². The summed E-state index contributed by atoms with van der Waals surface area (Å²) in [4.78, 5) is 29.3. The number of amides is 3. The van der Waals surface area contributed by atoms with Crippen LogP contribution in [0, 0.1) is 0 Å². The van der Waals surface area contributed by atoms with E-state index in [-0.39, 0.29) is 18.0 Å². The summed E-state index contributed by atoms with van der Waals surface area (Å²) < 4.78 is 0. The number of anilines is 1. The molecule has 3 amide bonds. The average molecular weight is 340 g/mol. The highest BCUT2D eigenvalue weighted by Crippen LogP contribution is 2.16. The zero-order valence-corrected chi connectivity index (χ0v) is 14.8. The minimum Gasteiger partial charge on any atom is -0.342 e. The third-order valence-corrected chi connectivity index (χ3v) is 3.96. The van der Waals surface area contributed by atoms with Gasteiger partial charge >= 0.3 is 6.03 Å². The quantitative estimate of drug-likeness (QED) is 0.847. The van der Waals surface area contributed by atoms with Gasteiger partial charge in [0.05, 0.1) is 6.04 Å². The van der Waals surface area contributed by atoms with Crippen LogP contribution in [0.15, 0.2) is 48.8 Å². The molecule has 0 radical (unpaired) electrons. The van der Waals surface area contributed by atoms with Gasteiger partial charge in [-0.15, -0.1) is 0 Å². The van der Waals surface area contributed by atoms with Crippen LogP contribution in [-0.4, -0.2) is 28.9 Å². The second kappa shape index (κ2) is 8.82. The van der Waals surface area contributed by atoms with Crippen molar-refractivity contribution in [1.29, 1.82) is 0 Å². The Kier molecular flexibility index (Phi) is 6.51. The van der Waals surface area contributed by atoms with E-state index in [1.807, 2.05) is 43.3 Å². The summed E-state index contributed by atoms with van der Waals surface area (Å²) >= 11 is 0. The Morgan fingerprint density at radius 2 is 1.92 bits per heavy atom. The van der Waals surface area contributed by atoms with Gasteiger partial charge < -0.3 is 15.5 Å². The Morgan fingerprint density at radius 1 is 1.20 bits per heavy atom. The molecule has 0 aliphatic heterocycles. The summed E-state index contributed by atoms with van der Waals surface area (Å²) in [7, 11) is 1.75. The van der Waals surface area contributed by atoms with Gasteiger partial charge in [0.2, 0.25) is 5.91 Å². The van der Waals surface area contributed by atoms with Crippen LogP contribution in [0.1, 0.15) is 37.4 Å². The molecule has 1 heterocycles. The van der Waals surface area contributed by atoms with Crippen LogP contribution in [0.2, 0.25) is 0 Å². The lowest BCUT2D eigenvalue weighted by Gasteiger charge is -2.18. The first-order valence-electron chi connectivity index (χ1n) is 8.27. The van der Waals surface area contributed by atoms with Gasteiger partial charge in [-0.25, -0.2) is 4.79 Å². The summed E-state index contributed by atoms with van der Waals surface area (Å²) in [5, 5.41) is 5.82. The van der Waals surface area contributed by atoms with Gasteiger partial charge in [-0.1, -0.05) is 19.1 Å². The van der Waals surface area contributed by atoms with Crippen molar-refractivity contribution < 1.29 is 9.59 Å². The monoisotopic (exact) mass is 340 g/mol. The van der Waals surface area contributed by atoms with Gasteiger partial charge in [0.1, 0.15) is 0 Å². The molecule has 0 fully saturated rings. The SMILES string of the molecule is CC[C@H](NC(=O)Nc1cccc(CN(C)C(C)=O)c1)c1ccncc1. The molecule has 1 atom stereocenters. The van der Waals surface area contributed by atoms with E-state index in [0.717, 1.165) is 17.5 Å². The average Bonchev–Trinajstić information content (AvgIpc) is 2.60. The second-order valence-corrected chi connectivity index (χ2v) is 5.92. The maximum absolute atomic E-state index is 12.3. The molecule has 0 saturated carbocycles. The molecule has 2 rings (SSSR count). The fourth-order valence-corrected chi connectivity index (χ4v) is 2.47. The molecule has 2 N–H and O–H groups in total. The summed E-state index contributed by atoms with van der Waals surface area (Å²) in [6.07, 6.45) is 4.21. The lowest BCUT2D eigenvalue weighted by Crippen LogP contribution is -2.32. The largest absolute Gasteiger partial charge is 0.342 e. The fraction of sp³-hybridized carbons (Fsp3) is 0.316. The summed E-state index contributed by atoms with van der Waals surface area (Å²) in [5.41, 5.74) is 2.66. The molecule has 1 aromatic heterocycles. The van der Waals surface area contributed by atoms with E-state index in [2.05, 4.69) is 15.6 Å². The predicted molar refractivity (Wildman–Crippen MR) is 98.0 cm³/mol. The van der Waals surface area contributed by atoms with Crippen LogP contribution >= 0.6 is 0 Å². The van der Waals surface area contributed by atoms with Crippen molar-refractivity contribution in [1.82, 2.24) is 15.2 Å². The highest BCUT2D eigenvalue weighted by atomic mass is 16.2. The third kappa shape index (κ3) is 5.60. The van der Waals surface area contributed by atoms with Gasteiger partial charge in [-0.2, -0.15) is 0 Å². The first-order chi connectivity index (χ1) is 12.0. The highest BCUT2D eigenvalue weighted by Gasteiger charge is 2.13. The number of pyridine rings is 1. The van der Waals surface area contributed by atoms with Gasteiger partial charge in [0.15, 0.2) is 0 Å². The number of nitrogens with zero attached hydrogens (tertiary/aromatic N) is 2. The van der Waals surface area contributed by atoms with Crippen LogP contribution in [0.5, 0.6) is 0 Å². The minimum atomic E-state index is -0.263. The van der Waals surface area contributed by atoms with E-state index >= 15 is 0 Å². The molecule has 132 valence electrons. The lowest BCUT2D eigenvalue weighted by molar-refractivity contribution is -0.128. The first kappa shape index (κ1) is 18.4. The molecule has 0 spiro atoms. The Bertz CT molecular complexity index is 718. The molecule has 0 aliphatic rings. The highest BCUT2D eigenvalue weighted by molar-refractivity contribution is 5.89. The summed E-state index contributed by atoms with van der Waals surface area (Å²) in [6, 6.07) is 10.9. The Morgan fingerprint density at radius 3 is 2.56 bits per heavy atom. The minimum absolute atomic E-state index is 0.000700. The number of urea groups is 1. The number of nitrogens with one attached hydrogen (secondary N) is 2. The normalized spacial score (nSPS) is 11.5. The van der Waals surface area contributed by atoms with Crippen molar-refractivity contribution in [2.24, 2.45) is 0 Å². The number of carbonyl (C=O) groups excluding carboxylic acids is 2. The van der Waals surface area contributed by atoms with E-state index in [1.165, 1.54) is 6.92 Å². The van der Waals surface area contributed by atoms with Crippen molar-refractivity contribution in [3.63, 3.8) is 0 Å². The molecule has 0 saturated heterocycles. The van der Waals surface area contributed by atoms with E-state index in [9.17, 15) is 9.59 Å². The molecule has 6 nitrogen and oxygen atoms in total. The van der Waals surface area contributed by atoms with Crippen molar-refractivity contribution in [2.45, 2.75) is 32.9 Å². The number of benzene rings is 1. The zero-order chi connectivity index (χ0) is 18.2. The van der Waals surface area contributed by atoms with E-state index in [0.29, 0.717) is 12.2 Å². The Hall–Kier alpha value is -2.89. The Balaban J connectivity index is 1.99. The maximum atomic E-state index is 12.3. The van der Waals surface area contributed by atoms with Gasteiger partial charge in [0.25, 0.3) is 0 Å². The van der Waals surface area contributed by atoms with E-state index in [1.54, 1.807) is 24.3 Å². The van der Waals surface area contributed by atoms with Crippen LogP contribution in [0.3, 0.4) is 0 Å². The van der Waals surface area contributed by atoms with Gasteiger partial charge in [-0.05, 0) is 41.8 Å². The van der Waals surface area contributed by atoms with Crippen molar-refractivity contribution in [3.8, 4) is 0 Å². The summed E-state index contributed by atoms with van der Waals surface area (Å²) in [5.74, 6) is -0.000700. The second-order valence-electron chi connectivity index (χ2n) is 5.92. The van der Waals surface area contributed by atoms with Crippen LogP contribution in [-0.2, 0) is 11.3 Å². The van der Waals surface area contributed by atoms with Gasteiger partial charge in [-0.3, -0.25) is 9.78 Å². The smallest absolute Gasteiger partial charge is 0.319 e. The van der Waals surface area contributed by atoms with Crippen LogP contribution in [0.4, 0.5) is 10.5 Å². The third-order valence-electron chi connectivity index (χ3n) is 3.96. The zero-order valence-electron chi connectivity index (χ0n) is 14.8. The maximum Gasteiger partial charge on any atom is 0.319 e. The van der Waals surface area contributed by atoms with Crippen molar-refractivity contribution >= 4 is 17.6 Å². The topological polar surface area (TPSA) is 74.3 Å². The van der Waals surface area contributed by atoms with E-state index < -0.39 is 0 Å². The first-order valence-corrected chi connectivity index (χ1v) is 8.27. The number of hydrogen-bond acceptors (Lipinski definition) is 3. The van der Waals surface area contributed by atoms with Gasteiger partial charge in [0, 0.05) is 38.6 Å².